The second-order valence-electron chi connectivity index (χ2n) is 6.15. The summed E-state index contributed by atoms with van der Waals surface area (Å²) in [5.41, 5.74) is 1.46. The SMILES string of the molecule is Cn1cc([C@@H](C(=O)O)N2CCN(C=O)CC2)c2cc(C(=O)O)ccc21. The molecule has 8 nitrogen and oxygen atoms in total. The van der Waals surface area contributed by atoms with Gasteiger partial charge in [-0.2, -0.15) is 0 Å². The molecule has 3 rings (SSSR count). The number of benzene rings is 1. The second kappa shape index (κ2) is 6.56. The Morgan fingerprint density at radius 3 is 2.40 bits per heavy atom. The summed E-state index contributed by atoms with van der Waals surface area (Å²) in [5, 5.41) is 19.6. The third-order valence-corrected chi connectivity index (χ3v) is 4.66. The predicted molar refractivity (Wildman–Crippen MR) is 89.5 cm³/mol. The number of carboxylic acid groups (broad SMARTS) is 2. The van der Waals surface area contributed by atoms with Crippen molar-refractivity contribution in [1.82, 2.24) is 14.4 Å². The summed E-state index contributed by atoms with van der Waals surface area (Å²) in [4.78, 5) is 37.5. The lowest BCUT2D eigenvalue weighted by atomic mass is 10.0. The number of rotatable bonds is 5. The number of nitrogens with zero attached hydrogens (tertiary/aromatic N) is 3. The summed E-state index contributed by atoms with van der Waals surface area (Å²) >= 11 is 0. The molecular weight excluding hydrogens is 326 g/mol. The highest BCUT2D eigenvalue weighted by molar-refractivity contribution is 5.96. The molecule has 2 heterocycles. The number of carboxylic acids is 2. The minimum absolute atomic E-state index is 0.120. The molecule has 1 aliphatic rings. The monoisotopic (exact) mass is 345 g/mol. The molecule has 1 aliphatic heterocycles. The highest BCUT2D eigenvalue weighted by atomic mass is 16.4. The van der Waals surface area contributed by atoms with Crippen LogP contribution in [0.25, 0.3) is 10.9 Å². The van der Waals surface area contributed by atoms with Gasteiger partial charge >= 0.3 is 11.9 Å². The predicted octanol–water partition coefficient (Wildman–Crippen LogP) is 0.776. The number of aryl methyl sites for hydroxylation is 1. The Morgan fingerprint density at radius 1 is 1.16 bits per heavy atom. The van der Waals surface area contributed by atoms with Gasteiger partial charge in [-0.25, -0.2) is 4.79 Å². The van der Waals surface area contributed by atoms with Gasteiger partial charge in [-0.3, -0.25) is 14.5 Å². The van der Waals surface area contributed by atoms with Crippen molar-refractivity contribution < 1.29 is 24.6 Å². The van der Waals surface area contributed by atoms with Crippen LogP contribution in [0.4, 0.5) is 0 Å². The fourth-order valence-corrected chi connectivity index (χ4v) is 3.36. The molecule has 0 unspecified atom stereocenters. The molecule has 1 aromatic carbocycles. The Labute approximate surface area is 143 Å². The maximum atomic E-state index is 12.0. The maximum Gasteiger partial charge on any atom is 0.335 e. The lowest BCUT2D eigenvalue weighted by Crippen LogP contribution is -2.48. The lowest BCUT2D eigenvalue weighted by molar-refractivity contribution is -0.144. The van der Waals surface area contributed by atoms with E-state index in [4.69, 9.17) is 0 Å². The van der Waals surface area contributed by atoms with Crippen LogP contribution in [-0.2, 0) is 16.6 Å². The van der Waals surface area contributed by atoms with Crippen molar-refractivity contribution in [2.24, 2.45) is 7.05 Å². The van der Waals surface area contributed by atoms with Crippen LogP contribution in [0, 0.1) is 0 Å². The molecule has 0 aliphatic carbocycles. The van der Waals surface area contributed by atoms with Gasteiger partial charge in [-0.1, -0.05) is 0 Å². The molecule has 1 fully saturated rings. The number of amides is 1. The van der Waals surface area contributed by atoms with Crippen LogP contribution in [0.1, 0.15) is 22.0 Å². The topological polar surface area (TPSA) is 103 Å². The summed E-state index contributed by atoms with van der Waals surface area (Å²) in [6.45, 7) is 1.84. The van der Waals surface area contributed by atoms with Gasteiger partial charge in [0.25, 0.3) is 0 Å². The number of fused-ring (bicyclic) bond motifs is 1. The highest BCUT2D eigenvalue weighted by Crippen LogP contribution is 2.31. The van der Waals surface area contributed by atoms with E-state index in [1.54, 1.807) is 28.8 Å². The van der Waals surface area contributed by atoms with E-state index in [0.717, 1.165) is 11.9 Å². The summed E-state index contributed by atoms with van der Waals surface area (Å²) in [6, 6.07) is 3.82. The molecule has 0 spiro atoms. The quantitative estimate of drug-likeness (QED) is 0.776. The zero-order valence-corrected chi connectivity index (χ0v) is 13.8. The molecule has 132 valence electrons. The van der Waals surface area contributed by atoms with Gasteiger partial charge in [-0.05, 0) is 18.2 Å². The van der Waals surface area contributed by atoms with Crippen LogP contribution >= 0.6 is 0 Å². The van der Waals surface area contributed by atoms with Crippen molar-refractivity contribution >= 4 is 29.3 Å². The van der Waals surface area contributed by atoms with E-state index in [1.165, 1.54) is 12.1 Å². The summed E-state index contributed by atoms with van der Waals surface area (Å²) in [6.07, 6.45) is 2.51. The number of hydrogen-bond acceptors (Lipinski definition) is 4. The van der Waals surface area contributed by atoms with Gasteiger partial charge in [0.1, 0.15) is 6.04 Å². The number of aromatic nitrogens is 1. The standard InChI is InChI=1S/C17H19N3O5/c1-18-9-13(12-8-11(16(22)23)2-3-14(12)18)15(17(24)25)20-6-4-19(10-21)5-7-20/h2-3,8-10,15H,4-7H2,1H3,(H,22,23)(H,24,25)/t15-/m0/s1. The van der Waals surface area contributed by atoms with Crippen LogP contribution in [0.5, 0.6) is 0 Å². The largest absolute Gasteiger partial charge is 0.480 e. The average molecular weight is 345 g/mol. The number of hydrogen-bond donors (Lipinski definition) is 2. The van der Waals surface area contributed by atoms with E-state index in [0.29, 0.717) is 37.1 Å². The molecule has 1 saturated heterocycles. The van der Waals surface area contributed by atoms with E-state index in [2.05, 4.69) is 0 Å². The van der Waals surface area contributed by atoms with Crippen LogP contribution < -0.4 is 0 Å². The molecule has 25 heavy (non-hydrogen) atoms. The molecule has 0 saturated carbocycles. The molecule has 1 aromatic heterocycles. The van der Waals surface area contributed by atoms with Crippen molar-refractivity contribution in [3.8, 4) is 0 Å². The first kappa shape index (κ1) is 17.0. The first-order valence-corrected chi connectivity index (χ1v) is 7.91. The van der Waals surface area contributed by atoms with Crippen LogP contribution in [-0.4, -0.2) is 69.1 Å². The lowest BCUT2D eigenvalue weighted by Gasteiger charge is -2.36. The first-order valence-electron chi connectivity index (χ1n) is 7.91. The molecule has 2 N–H and O–H groups in total. The number of aromatic carboxylic acids is 1. The van der Waals surface area contributed by atoms with Gasteiger partial charge < -0.3 is 19.7 Å². The minimum Gasteiger partial charge on any atom is -0.480 e. The van der Waals surface area contributed by atoms with E-state index in [-0.39, 0.29) is 5.56 Å². The highest BCUT2D eigenvalue weighted by Gasteiger charge is 2.32. The zero-order valence-electron chi connectivity index (χ0n) is 13.8. The van der Waals surface area contributed by atoms with Crippen molar-refractivity contribution in [2.75, 3.05) is 26.2 Å². The van der Waals surface area contributed by atoms with E-state index >= 15 is 0 Å². The summed E-state index contributed by atoms with van der Waals surface area (Å²) in [5.74, 6) is -2.05. The number of carbonyl (C=O) groups excluding carboxylic acids is 1. The molecule has 1 amide bonds. The van der Waals surface area contributed by atoms with Gasteiger partial charge in [0, 0.05) is 55.9 Å². The first-order chi connectivity index (χ1) is 11.9. The van der Waals surface area contributed by atoms with Gasteiger partial charge in [0.2, 0.25) is 6.41 Å². The molecule has 0 radical (unpaired) electrons. The fraction of sp³-hybridized carbons (Fsp3) is 0.353. The Hall–Kier alpha value is -2.87. The molecular formula is C17H19N3O5. The third kappa shape index (κ3) is 3.08. The summed E-state index contributed by atoms with van der Waals surface area (Å²) in [7, 11) is 1.80. The molecule has 8 heteroatoms. The Bertz CT molecular complexity index is 836. The molecule has 0 bridgehead atoms. The zero-order chi connectivity index (χ0) is 18.1. The van der Waals surface area contributed by atoms with E-state index in [1.807, 2.05) is 4.90 Å². The number of carbonyl (C=O) groups is 3. The van der Waals surface area contributed by atoms with Gasteiger partial charge in [0.15, 0.2) is 0 Å². The van der Waals surface area contributed by atoms with E-state index in [9.17, 15) is 24.6 Å². The van der Waals surface area contributed by atoms with Crippen LogP contribution in [0.2, 0.25) is 0 Å². The smallest absolute Gasteiger partial charge is 0.335 e. The van der Waals surface area contributed by atoms with E-state index < -0.39 is 18.0 Å². The fourth-order valence-electron chi connectivity index (χ4n) is 3.36. The average Bonchev–Trinajstić information content (AvgIpc) is 2.91. The van der Waals surface area contributed by atoms with Crippen molar-refractivity contribution in [3.05, 3.63) is 35.5 Å². The maximum absolute atomic E-state index is 12.0. The van der Waals surface area contributed by atoms with Crippen molar-refractivity contribution in [1.29, 1.82) is 0 Å². The molecule has 2 aromatic rings. The Morgan fingerprint density at radius 2 is 1.84 bits per heavy atom. The van der Waals surface area contributed by atoms with Crippen molar-refractivity contribution in [3.63, 3.8) is 0 Å². The van der Waals surface area contributed by atoms with Gasteiger partial charge in [0.05, 0.1) is 5.56 Å². The Kier molecular flexibility index (Phi) is 4.45. The number of piperazine rings is 1. The van der Waals surface area contributed by atoms with Crippen LogP contribution in [0.15, 0.2) is 24.4 Å². The summed E-state index contributed by atoms with van der Waals surface area (Å²) < 4.78 is 1.80. The number of aliphatic carboxylic acids is 1. The van der Waals surface area contributed by atoms with Crippen LogP contribution in [0.3, 0.4) is 0 Å². The molecule has 1 atom stereocenters. The van der Waals surface area contributed by atoms with Crippen molar-refractivity contribution in [2.45, 2.75) is 6.04 Å². The second-order valence-corrected chi connectivity index (χ2v) is 6.15. The Balaban J connectivity index is 2.04. The normalized spacial score (nSPS) is 16.8. The van der Waals surface area contributed by atoms with Gasteiger partial charge in [-0.15, -0.1) is 0 Å². The minimum atomic E-state index is -1.05. The third-order valence-electron chi connectivity index (χ3n) is 4.66.